The second-order valence-electron chi connectivity index (χ2n) is 10.9. The van der Waals surface area contributed by atoms with Gasteiger partial charge in [-0.05, 0) is 29.5 Å². The summed E-state index contributed by atoms with van der Waals surface area (Å²) in [6.45, 7) is 0. The molecule has 0 atom stereocenters. The lowest BCUT2D eigenvalue weighted by Crippen LogP contribution is -2.29. The minimum Gasteiger partial charge on any atom is -0.361 e. The van der Waals surface area contributed by atoms with Crippen LogP contribution in [0.1, 0.15) is 119 Å². The van der Waals surface area contributed by atoms with Crippen LogP contribution in [0.15, 0.2) is 91.0 Å². The molecule has 0 fully saturated rings. The molecule has 2 nitrogen and oxygen atoms in total. The molecule has 0 aromatic heterocycles. The van der Waals surface area contributed by atoms with E-state index in [4.69, 9.17) is 10.2 Å². The van der Waals surface area contributed by atoms with E-state index in [1.165, 1.54) is 93.7 Å². The molecule has 3 aromatic carbocycles. The fourth-order valence-electron chi connectivity index (χ4n) is 5.90. The zero-order chi connectivity index (χ0) is 26.7. The molecule has 2 N–H and O–H groups in total. The van der Waals surface area contributed by atoms with Crippen LogP contribution in [0.5, 0.6) is 0 Å². The first-order valence-corrected chi connectivity index (χ1v) is 15.1. The van der Waals surface area contributed by atoms with Crippen molar-refractivity contribution in [3.05, 3.63) is 114 Å². The zero-order valence-corrected chi connectivity index (χ0v) is 23.4. The maximum absolute atomic E-state index is 8.79. The van der Waals surface area contributed by atoms with Crippen LogP contribution in [-0.2, 0) is 5.41 Å². The summed E-state index contributed by atoms with van der Waals surface area (Å²) in [6.07, 6.45) is 19.0. The molecule has 0 aliphatic heterocycles. The van der Waals surface area contributed by atoms with Crippen LogP contribution in [0, 0.1) is 6.29 Å². The average molecular weight is 514 g/mol. The van der Waals surface area contributed by atoms with E-state index in [0.29, 0.717) is 6.42 Å². The highest BCUT2D eigenvalue weighted by Crippen LogP contribution is 2.43. The van der Waals surface area contributed by atoms with Gasteiger partial charge < -0.3 is 10.2 Å². The van der Waals surface area contributed by atoms with E-state index < -0.39 is 6.29 Å². The van der Waals surface area contributed by atoms with Crippen molar-refractivity contribution in [1.82, 2.24) is 0 Å². The van der Waals surface area contributed by atoms with Gasteiger partial charge in [-0.1, -0.05) is 174 Å². The summed E-state index contributed by atoms with van der Waals surface area (Å²) >= 11 is 0. The first kappa shape index (κ1) is 30.1. The Morgan fingerprint density at radius 1 is 0.395 bits per heavy atom. The topological polar surface area (TPSA) is 40.5 Å². The average Bonchev–Trinajstić information content (AvgIpc) is 2.96. The van der Waals surface area contributed by atoms with Crippen LogP contribution in [0.2, 0.25) is 0 Å². The Bertz CT molecular complexity index is 856. The first-order chi connectivity index (χ1) is 18.7. The van der Waals surface area contributed by atoms with E-state index in [1.54, 1.807) is 0 Å². The molecule has 0 aliphatic carbocycles. The van der Waals surface area contributed by atoms with E-state index in [2.05, 4.69) is 91.0 Å². The Morgan fingerprint density at radius 3 is 1.00 bits per heavy atom. The van der Waals surface area contributed by atoms with Gasteiger partial charge in [0.25, 0.3) is 0 Å². The van der Waals surface area contributed by atoms with Crippen molar-refractivity contribution >= 4 is 0 Å². The summed E-state index contributed by atoms with van der Waals surface area (Å²) in [5, 5.41) is 17.6. The number of unbranched alkanes of at least 4 members (excludes halogenated alkanes) is 13. The van der Waals surface area contributed by atoms with Crippen LogP contribution < -0.4 is 0 Å². The number of aliphatic hydroxyl groups is 2. The molecule has 0 heterocycles. The molecule has 1 radical (unpaired) electrons. The fraction of sp³-hybridized carbons (Fsp3) is 0.472. The highest BCUT2D eigenvalue weighted by Gasteiger charge is 2.35. The van der Waals surface area contributed by atoms with Crippen molar-refractivity contribution in [3.8, 4) is 0 Å². The van der Waals surface area contributed by atoms with Crippen molar-refractivity contribution in [2.45, 2.75) is 108 Å². The zero-order valence-electron chi connectivity index (χ0n) is 23.4. The van der Waals surface area contributed by atoms with Crippen molar-refractivity contribution in [3.63, 3.8) is 0 Å². The number of rotatable bonds is 20. The van der Waals surface area contributed by atoms with E-state index in [9.17, 15) is 0 Å². The fourth-order valence-corrected chi connectivity index (χ4v) is 5.90. The first-order valence-electron chi connectivity index (χ1n) is 15.1. The summed E-state index contributed by atoms with van der Waals surface area (Å²) in [4.78, 5) is 0. The predicted octanol–water partition coefficient (Wildman–Crippen LogP) is 10.5. The molecule has 3 rings (SSSR count). The molecule has 205 valence electrons. The molecule has 0 unspecified atom stereocenters. The van der Waals surface area contributed by atoms with Crippen LogP contribution in [-0.4, -0.2) is 10.2 Å². The number of aliphatic hydroxyl groups excluding tert-OH is 1. The van der Waals surface area contributed by atoms with Crippen molar-refractivity contribution < 1.29 is 10.2 Å². The Balaban J connectivity index is 1.38. The smallest absolute Gasteiger partial charge is 0.218 e. The molecule has 2 heteroatoms. The minimum absolute atomic E-state index is 0.108. The maximum atomic E-state index is 8.79. The lowest BCUT2D eigenvalue weighted by atomic mass is 9.66. The lowest BCUT2D eigenvalue weighted by Gasteiger charge is -2.36. The normalized spacial score (nSPS) is 11.8. The molecule has 0 bridgehead atoms. The predicted molar refractivity (Wildman–Crippen MR) is 160 cm³/mol. The monoisotopic (exact) mass is 513 g/mol. The largest absolute Gasteiger partial charge is 0.361 e. The van der Waals surface area contributed by atoms with Crippen LogP contribution in [0.4, 0.5) is 0 Å². The van der Waals surface area contributed by atoms with Gasteiger partial charge in [0.2, 0.25) is 6.29 Å². The minimum atomic E-state index is -0.412. The quantitative estimate of drug-likeness (QED) is 0.116. The summed E-state index contributed by atoms with van der Waals surface area (Å²) in [5.74, 6) is 0. The van der Waals surface area contributed by atoms with E-state index in [1.807, 2.05) is 0 Å². The molecular weight excluding hydrogens is 464 g/mol. The van der Waals surface area contributed by atoms with E-state index in [0.717, 1.165) is 19.3 Å². The molecule has 0 amide bonds. The highest BCUT2D eigenvalue weighted by molar-refractivity contribution is 5.50. The van der Waals surface area contributed by atoms with Crippen LogP contribution in [0.3, 0.4) is 0 Å². The van der Waals surface area contributed by atoms with Crippen molar-refractivity contribution in [2.75, 3.05) is 0 Å². The maximum Gasteiger partial charge on any atom is 0.218 e. The van der Waals surface area contributed by atoms with Gasteiger partial charge in [0.1, 0.15) is 0 Å². The van der Waals surface area contributed by atoms with E-state index in [-0.39, 0.29) is 5.41 Å². The van der Waals surface area contributed by atoms with Crippen molar-refractivity contribution in [1.29, 1.82) is 0 Å². The van der Waals surface area contributed by atoms with Gasteiger partial charge in [0.15, 0.2) is 0 Å². The van der Waals surface area contributed by atoms with Gasteiger partial charge in [-0.2, -0.15) is 0 Å². The third-order valence-electron chi connectivity index (χ3n) is 8.00. The number of benzene rings is 3. The third kappa shape index (κ3) is 10.0. The highest BCUT2D eigenvalue weighted by atomic mass is 16.5. The second kappa shape index (κ2) is 18.0. The van der Waals surface area contributed by atoms with Gasteiger partial charge in [-0.3, -0.25) is 0 Å². The second-order valence-corrected chi connectivity index (χ2v) is 10.9. The SMILES string of the molecule is O[C](O)CCCCCCCCCCCCCCCCC(c1ccccc1)(c1ccccc1)c1ccccc1. The molecular formula is C36H49O2. The van der Waals surface area contributed by atoms with E-state index >= 15 is 0 Å². The Kier molecular flexibility index (Phi) is 14.2. The summed E-state index contributed by atoms with van der Waals surface area (Å²) in [7, 11) is 0. The molecule has 38 heavy (non-hydrogen) atoms. The van der Waals surface area contributed by atoms with Gasteiger partial charge >= 0.3 is 0 Å². The molecule has 3 aromatic rings. The number of hydrogen-bond acceptors (Lipinski definition) is 2. The van der Waals surface area contributed by atoms with Crippen LogP contribution in [0.25, 0.3) is 0 Å². The molecule has 0 saturated carbocycles. The Morgan fingerprint density at radius 2 is 0.684 bits per heavy atom. The molecule has 0 saturated heterocycles. The van der Waals surface area contributed by atoms with Gasteiger partial charge in [-0.25, -0.2) is 0 Å². The van der Waals surface area contributed by atoms with Gasteiger partial charge in [0.05, 0.1) is 0 Å². The Labute approximate surface area is 232 Å². The third-order valence-corrected chi connectivity index (χ3v) is 8.00. The Hall–Kier alpha value is -2.42. The van der Waals surface area contributed by atoms with Crippen LogP contribution >= 0.6 is 0 Å². The van der Waals surface area contributed by atoms with Gasteiger partial charge in [0, 0.05) is 11.8 Å². The standard InChI is InChI=1S/C36H49O2/c37-35(38)30-22-11-9-7-5-3-1-2-4-6-8-10-12-23-31-36(32-24-16-13-17-25-32,33-26-18-14-19-27-33)34-28-20-15-21-29-34/h13-21,24-29,37-38H,1-12,22-23,30-31H2. The van der Waals surface area contributed by atoms with Crippen molar-refractivity contribution in [2.24, 2.45) is 0 Å². The van der Waals surface area contributed by atoms with Gasteiger partial charge in [-0.15, -0.1) is 0 Å². The lowest BCUT2D eigenvalue weighted by molar-refractivity contribution is 0.0704. The number of hydrogen-bond donors (Lipinski definition) is 2. The summed E-state index contributed by atoms with van der Waals surface area (Å²) < 4.78 is 0. The molecule has 0 aliphatic rings. The summed E-state index contributed by atoms with van der Waals surface area (Å²) in [6, 6.07) is 33.3. The summed E-state index contributed by atoms with van der Waals surface area (Å²) in [5.41, 5.74) is 4.06. The molecule has 0 spiro atoms.